The van der Waals surface area contributed by atoms with Crippen molar-refractivity contribution in [3.8, 4) is 0 Å². The predicted molar refractivity (Wildman–Crippen MR) is 126 cm³/mol. The Labute approximate surface area is 195 Å². The van der Waals surface area contributed by atoms with E-state index in [4.69, 9.17) is 17.0 Å². The van der Waals surface area contributed by atoms with Crippen LogP contribution in [0.3, 0.4) is 0 Å². The van der Waals surface area contributed by atoms with Crippen molar-refractivity contribution in [1.82, 2.24) is 19.8 Å². The highest BCUT2D eigenvalue weighted by atomic mass is 32.2. The van der Waals surface area contributed by atoms with Gasteiger partial charge in [0.2, 0.25) is 15.0 Å². The van der Waals surface area contributed by atoms with Crippen LogP contribution in [0.25, 0.3) is 0 Å². The zero-order valence-corrected chi connectivity index (χ0v) is 19.8. The molecule has 0 unspecified atom stereocenters. The molecular weight excluding hydrogens is 444 g/mol. The number of thiocarbonyl (C=S) groups is 1. The van der Waals surface area contributed by atoms with Gasteiger partial charge in [0, 0.05) is 25.2 Å². The summed E-state index contributed by atoms with van der Waals surface area (Å²) in [5.74, 6) is -0.0434. The molecule has 0 bridgehead atoms. The molecule has 3 aliphatic rings. The van der Waals surface area contributed by atoms with Crippen LogP contribution in [0, 0.1) is 0 Å². The molecule has 9 heteroatoms. The number of aromatic nitrogens is 2. The van der Waals surface area contributed by atoms with Gasteiger partial charge in [0.25, 0.3) is 0 Å². The summed E-state index contributed by atoms with van der Waals surface area (Å²) in [7, 11) is -3.56. The van der Waals surface area contributed by atoms with Crippen molar-refractivity contribution < 1.29 is 13.2 Å². The first kappa shape index (κ1) is 21.9. The molecule has 2 aromatic rings. The van der Waals surface area contributed by atoms with E-state index in [-0.39, 0.29) is 23.1 Å². The van der Waals surface area contributed by atoms with E-state index >= 15 is 0 Å². The zero-order valence-electron chi connectivity index (χ0n) is 18.2. The van der Waals surface area contributed by atoms with Crippen molar-refractivity contribution in [3.63, 3.8) is 0 Å². The Morgan fingerprint density at radius 3 is 2.62 bits per heavy atom. The minimum Gasteiger partial charge on any atom is -0.376 e. The average molecular weight is 475 g/mol. The van der Waals surface area contributed by atoms with Gasteiger partial charge in [0.1, 0.15) is 0 Å². The Morgan fingerprint density at radius 1 is 1.19 bits per heavy atom. The van der Waals surface area contributed by atoms with E-state index in [9.17, 15) is 8.42 Å². The summed E-state index contributed by atoms with van der Waals surface area (Å²) in [6, 6.07) is 9.95. The third kappa shape index (κ3) is 5.15. The van der Waals surface area contributed by atoms with E-state index < -0.39 is 9.84 Å². The molecule has 1 saturated heterocycles. The summed E-state index contributed by atoms with van der Waals surface area (Å²) in [6.45, 7) is 2.03. The molecule has 2 heterocycles. The first-order valence-electron chi connectivity index (χ1n) is 11.5. The second-order valence-corrected chi connectivity index (χ2v) is 11.4. The largest absolute Gasteiger partial charge is 0.376 e. The Hall–Kier alpha value is -1.97. The van der Waals surface area contributed by atoms with Crippen molar-refractivity contribution in [2.45, 2.75) is 74.2 Å². The highest BCUT2D eigenvalue weighted by molar-refractivity contribution is 7.90. The Bertz CT molecular complexity index is 1060. The van der Waals surface area contributed by atoms with Gasteiger partial charge in [-0.1, -0.05) is 30.3 Å². The van der Waals surface area contributed by atoms with Gasteiger partial charge in [-0.25, -0.2) is 13.4 Å². The number of benzene rings is 1. The number of nitrogens with one attached hydrogen (secondary N) is 1. The van der Waals surface area contributed by atoms with Gasteiger partial charge in [-0.05, 0) is 56.3 Å². The fraction of sp³-hybridized carbons (Fsp3) is 0.565. The maximum Gasteiger partial charge on any atom is 0.228 e. The zero-order chi connectivity index (χ0) is 22.1. The standard InChI is InChI=1S/C23H30N4O3S2/c28-32(29,16-17-5-2-1-3-6-17)23-24-13-20(27(23)19-10-11-19)14-26(15-21-7-4-12-30-21)22(31)25-18-8-9-18/h1-3,5-6,13,18-19,21H,4,7-12,14-16H2,(H,25,31)/t21-/m1/s1. The summed E-state index contributed by atoms with van der Waals surface area (Å²) in [6.07, 6.45) is 8.24. The summed E-state index contributed by atoms with van der Waals surface area (Å²) < 4.78 is 34.3. The Morgan fingerprint density at radius 2 is 1.97 bits per heavy atom. The highest BCUT2D eigenvalue weighted by Gasteiger charge is 2.34. The van der Waals surface area contributed by atoms with Gasteiger partial charge in [0.15, 0.2) is 5.11 Å². The van der Waals surface area contributed by atoms with E-state index in [1.165, 1.54) is 0 Å². The van der Waals surface area contributed by atoms with Gasteiger partial charge >= 0.3 is 0 Å². The lowest BCUT2D eigenvalue weighted by molar-refractivity contribution is 0.0892. The molecule has 1 N–H and O–H groups in total. The van der Waals surface area contributed by atoms with E-state index in [1.807, 2.05) is 34.9 Å². The van der Waals surface area contributed by atoms with Crippen LogP contribution in [0.2, 0.25) is 0 Å². The molecule has 32 heavy (non-hydrogen) atoms. The van der Waals surface area contributed by atoms with Crippen molar-refractivity contribution in [2.24, 2.45) is 0 Å². The maximum atomic E-state index is 13.3. The normalized spacial score (nSPS) is 20.9. The minimum absolute atomic E-state index is 0.0434. The first-order valence-corrected chi connectivity index (χ1v) is 13.6. The van der Waals surface area contributed by atoms with Gasteiger partial charge in [-0.3, -0.25) is 0 Å². The monoisotopic (exact) mass is 474 g/mol. The number of ether oxygens (including phenoxy) is 1. The Kier molecular flexibility index (Phi) is 6.22. The van der Waals surface area contributed by atoms with Crippen LogP contribution in [0.15, 0.2) is 41.7 Å². The molecule has 1 aromatic heterocycles. The second kappa shape index (κ2) is 9.11. The van der Waals surface area contributed by atoms with Crippen LogP contribution in [0.1, 0.15) is 55.8 Å². The molecule has 5 rings (SSSR count). The molecule has 1 aromatic carbocycles. The lowest BCUT2D eigenvalue weighted by Crippen LogP contribution is -2.44. The number of hydrogen-bond acceptors (Lipinski definition) is 5. The summed E-state index contributed by atoms with van der Waals surface area (Å²) in [5, 5.41) is 4.34. The summed E-state index contributed by atoms with van der Waals surface area (Å²) in [5.41, 5.74) is 1.67. The molecule has 0 spiro atoms. The number of hydrogen-bond donors (Lipinski definition) is 1. The molecular formula is C23H30N4O3S2. The number of nitrogens with zero attached hydrogens (tertiary/aromatic N) is 3. The van der Waals surface area contributed by atoms with Gasteiger partial charge in [-0.15, -0.1) is 0 Å². The highest BCUT2D eigenvalue weighted by Crippen LogP contribution is 2.39. The van der Waals surface area contributed by atoms with E-state index in [0.29, 0.717) is 19.1 Å². The van der Waals surface area contributed by atoms with E-state index in [2.05, 4.69) is 15.2 Å². The van der Waals surface area contributed by atoms with Gasteiger partial charge < -0.3 is 19.5 Å². The molecule has 2 aliphatic carbocycles. The van der Waals surface area contributed by atoms with Crippen LogP contribution in [0.5, 0.6) is 0 Å². The third-order valence-electron chi connectivity index (χ3n) is 6.22. The first-order chi connectivity index (χ1) is 15.5. The van der Waals surface area contributed by atoms with Gasteiger partial charge in [-0.2, -0.15) is 0 Å². The second-order valence-electron chi connectivity index (χ2n) is 9.12. The van der Waals surface area contributed by atoms with Crippen molar-refractivity contribution in [2.75, 3.05) is 13.2 Å². The molecule has 0 amide bonds. The van der Waals surface area contributed by atoms with Crippen LogP contribution in [-0.4, -0.2) is 53.3 Å². The average Bonchev–Trinajstić information content (AvgIpc) is 3.68. The van der Waals surface area contributed by atoms with Crippen molar-refractivity contribution >= 4 is 27.2 Å². The van der Waals surface area contributed by atoms with Gasteiger partial charge in [0.05, 0.1) is 30.3 Å². The third-order valence-corrected chi connectivity index (χ3v) is 8.17. The smallest absolute Gasteiger partial charge is 0.228 e. The number of sulfone groups is 1. The fourth-order valence-corrected chi connectivity index (χ4v) is 6.09. The fourth-order valence-electron chi connectivity index (χ4n) is 4.25. The molecule has 7 nitrogen and oxygen atoms in total. The molecule has 1 atom stereocenters. The topological polar surface area (TPSA) is 76.5 Å². The van der Waals surface area contributed by atoms with Crippen molar-refractivity contribution in [1.29, 1.82) is 0 Å². The minimum atomic E-state index is -3.56. The quantitative estimate of drug-likeness (QED) is 0.559. The molecule has 0 radical (unpaired) electrons. The number of rotatable bonds is 9. The van der Waals surface area contributed by atoms with E-state index in [1.54, 1.807) is 6.20 Å². The maximum absolute atomic E-state index is 13.3. The van der Waals surface area contributed by atoms with Crippen molar-refractivity contribution in [3.05, 3.63) is 47.8 Å². The molecule has 3 fully saturated rings. The Balaban J connectivity index is 1.39. The summed E-state index contributed by atoms with van der Waals surface area (Å²) in [4.78, 5) is 6.55. The predicted octanol–water partition coefficient (Wildman–Crippen LogP) is 3.21. The van der Waals surface area contributed by atoms with Crippen LogP contribution < -0.4 is 5.32 Å². The van der Waals surface area contributed by atoms with Crippen LogP contribution >= 0.6 is 12.2 Å². The molecule has 2 saturated carbocycles. The molecule has 172 valence electrons. The summed E-state index contributed by atoms with van der Waals surface area (Å²) >= 11 is 5.73. The van der Waals surface area contributed by atoms with E-state index in [0.717, 1.165) is 61.5 Å². The van der Waals surface area contributed by atoms with Crippen LogP contribution in [0.4, 0.5) is 0 Å². The SMILES string of the molecule is O=S(=O)(Cc1ccccc1)c1ncc(CN(C[C@H]2CCCO2)C(=S)NC2CC2)n1C1CC1. The lowest BCUT2D eigenvalue weighted by atomic mass is 10.2. The lowest BCUT2D eigenvalue weighted by Gasteiger charge is -2.28. The number of imidazole rings is 1. The van der Waals surface area contributed by atoms with Crippen LogP contribution in [-0.2, 0) is 26.9 Å². The molecule has 1 aliphatic heterocycles.